The lowest BCUT2D eigenvalue weighted by atomic mass is 9.64. The first-order chi connectivity index (χ1) is 41.2. The molecule has 1 aliphatic heterocycles. The molecule has 0 unspecified atom stereocenters. The Bertz CT molecular complexity index is 4630. The summed E-state index contributed by atoms with van der Waals surface area (Å²) >= 11 is 0. The molecule has 2 nitrogen and oxygen atoms in total. The molecule has 6 aliphatic rings. The van der Waals surface area contributed by atoms with Crippen molar-refractivity contribution in [1.82, 2.24) is 0 Å². The van der Waals surface area contributed by atoms with E-state index in [1.54, 1.807) is 0 Å². The number of fused-ring (bicyclic) bond motifs is 29. The highest BCUT2D eigenvalue weighted by Crippen LogP contribution is 2.70. The minimum Gasteiger partial charge on any atom is -0.310 e. The second-order valence-electron chi connectivity index (χ2n) is 23.2. The molecule has 19 rings (SSSR count). The second-order valence-corrected chi connectivity index (χ2v) is 23.2. The molecule has 0 saturated carbocycles. The third-order valence-corrected chi connectivity index (χ3v) is 19.9. The minimum atomic E-state index is -0.662. The largest absolute Gasteiger partial charge is 0.310 e. The van der Waals surface area contributed by atoms with Crippen molar-refractivity contribution in [3.63, 3.8) is 0 Å². The van der Waals surface area contributed by atoms with Crippen molar-refractivity contribution >= 4 is 34.1 Å². The number of anilines is 6. The highest BCUT2D eigenvalue weighted by molar-refractivity contribution is 6.09. The van der Waals surface area contributed by atoms with E-state index in [4.69, 9.17) is 0 Å². The molecule has 13 aromatic carbocycles. The van der Waals surface area contributed by atoms with Crippen LogP contribution in [0.4, 0.5) is 34.1 Å². The van der Waals surface area contributed by atoms with Gasteiger partial charge in [0.15, 0.2) is 0 Å². The number of para-hydroxylation sites is 3. The summed E-state index contributed by atoms with van der Waals surface area (Å²) in [5.41, 5.74) is 33.6. The highest BCUT2D eigenvalue weighted by Gasteiger charge is 2.57. The SMILES string of the molecule is c1ccc(N2c3ccccc3C3(c4ccccc4-c4c(N(c5cccc6c5-c5ccccc5C65c6ccccc6-c6ccccc65)c5cccc6c5-c5ccccc5C65c6ccccc6-c6ccccc65)cccc43)c3ccccc32)cc1. The third-order valence-electron chi connectivity index (χ3n) is 19.9. The molecule has 0 atom stereocenters. The van der Waals surface area contributed by atoms with E-state index < -0.39 is 16.2 Å². The second kappa shape index (κ2) is 16.3. The van der Waals surface area contributed by atoms with Crippen LogP contribution in [0, 0.1) is 0 Å². The summed E-state index contributed by atoms with van der Waals surface area (Å²) < 4.78 is 0. The molecule has 0 aromatic heterocycles. The zero-order valence-electron chi connectivity index (χ0n) is 45.3. The first-order valence-corrected chi connectivity index (χ1v) is 29.2. The van der Waals surface area contributed by atoms with Gasteiger partial charge in [0.2, 0.25) is 0 Å². The fourth-order valence-corrected chi connectivity index (χ4v) is 17.2. The van der Waals surface area contributed by atoms with Crippen molar-refractivity contribution in [1.29, 1.82) is 0 Å². The summed E-state index contributed by atoms with van der Waals surface area (Å²) in [5.74, 6) is 0. The lowest BCUT2D eigenvalue weighted by molar-refractivity contribution is 0.752. The maximum absolute atomic E-state index is 2.72. The maximum atomic E-state index is 2.72. The van der Waals surface area contributed by atoms with Gasteiger partial charge in [-0.3, -0.25) is 0 Å². The Balaban J connectivity index is 0.958. The van der Waals surface area contributed by atoms with Crippen LogP contribution in [0.15, 0.2) is 303 Å². The first kappa shape index (κ1) is 45.2. The molecular formula is C81H50N2. The highest BCUT2D eigenvalue weighted by atomic mass is 15.2. The number of benzene rings is 13. The van der Waals surface area contributed by atoms with Crippen LogP contribution < -0.4 is 9.80 Å². The fraction of sp³-hybridized carbons (Fsp3) is 0.0370. The van der Waals surface area contributed by atoms with Crippen LogP contribution in [-0.2, 0) is 16.2 Å². The minimum absolute atomic E-state index is 0.539. The Morgan fingerprint density at radius 1 is 0.193 bits per heavy atom. The monoisotopic (exact) mass is 1050 g/mol. The predicted molar refractivity (Wildman–Crippen MR) is 339 cm³/mol. The van der Waals surface area contributed by atoms with E-state index in [1.807, 2.05) is 0 Å². The molecule has 0 saturated heterocycles. The molecule has 3 spiro atoms. The van der Waals surface area contributed by atoms with Crippen molar-refractivity contribution < 1.29 is 0 Å². The van der Waals surface area contributed by atoms with Crippen LogP contribution in [0.1, 0.15) is 66.8 Å². The van der Waals surface area contributed by atoms with Gasteiger partial charge in [-0.25, -0.2) is 0 Å². The molecule has 0 N–H and O–H groups in total. The Morgan fingerprint density at radius 2 is 0.434 bits per heavy atom. The van der Waals surface area contributed by atoms with E-state index in [0.29, 0.717) is 0 Å². The van der Waals surface area contributed by atoms with Crippen LogP contribution >= 0.6 is 0 Å². The summed E-state index contributed by atoms with van der Waals surface area (Å²) in [5, 5.41) is 0. The number of hydrogen-bond donors (Lipinski definition) is 0. The van der Waals surface area contributed by atoms with Gasteiger partial charge in [-0.05, 0) is 148 Å². The van der Waals surface area contributed by atoms with Gasteiger partial charge in [0.05, 0.1) is 44.7 Å². The van der Waals surface area contributed by atoms with Crippen molar-refractivity contribution in [2.24, 2.45) is 0 Å². The van der Waals surface area contributed by atoms with Gasteiger partial charge >= 0.3 is 0 Å². The summed E-state index contributed by atoms with van der Waals surface area (Å²) in [7, 11) is 0. The average Bonchev–Trinajstić information content (AvgIpc) is 1.67. The Hall–Kier alpha value is -10.5. The van der Waals surface area contributed by atoms with Gasteiger partial charge < -0.3 is 9.80 Å². The molecule has 2 heteroatoms. The number of hydrogen-bond acceptors (Lipinski definition) is 2. The molecule has 83 heavy (non-hydrogen) atoms. The third kappa shape index (κ3) is 5.32. The first-order valence-electron chi connectivity index (χ1n) is 29.2. The van der Waals surface area contributed by atoms with Crippen LogP contribution in [-0.4, -0.2) is 0 Å². The van der Waals surface area contributed by atoms with Crippen LogP contribution in [0.5, 0.6) is 0 Å². The van der Waals surface area contributed by atoms with E-state index in [-0.39, 0.29) is 0 Å². The zero-order chi connectivity index (χ0) is 54.2. The average molecular weight is 1050 g/mol. The number of nitrogens with zero attached hydrogens (tertiary/aromatic N) is 2. The van der Waals surface area contributed by atoms with Crippen molar-refractivity contribution in [2.75, 3.05) is 9.80 Å². The lowest BCUT2D eigenvalue weighted by Gasteiger charge is -2.45. The van der Waals surface area contributed by atoms with Crippen LogP contribution in [0.25, 0.3) is 55.6 Å². The molecule has 13 aromatic rings. The quantitative estimate of drug-likeness (QED) is 0.173. The fourth-order valence-electron chi connectivity index (χ4n) is 17.2. The smallest absolute Gasteiger partial charge is 0.0755 e. The Morgan fingerprint density at radius 3 is 0.771 bits per heavy atom. The molecule has 1 heterocycles. The zero-order valence-corrected chi connectivity index (χ0v) is 45.3. The Labute approximate surface area is 483 Å². The molecule has 384 valence electrons. The van der Waals surface area contributed by atoms with Gasteiger partial charge in [0.25, 0.3) is 0 Å². The van der Waals surface area contributed by atoms with Crippen LogP contribution in [0.3, 0.4) is 0 Å². The van der Waals surface area contributed by atoms with Gasteiger partial charge in [0.1, 0.15) is 0 Å². The van der Waals surface area contributed by atoms with Gasteiger partial charge in [-0.1, -0.05) is 261 Å². The van der Waals surface area contributed by atoms with Crippen molar-refractivity contribution in [2.45, 2.75) is 16.2 Å². The van der Waals surface area contributed by atoms with E-state index in [1.165, 1.54) is 134 Å². The summed E-state index contributed by atoms with van der Waals surface area (Å²) in [4.78, 5) is 5.20. The van der Waals surface area contributed by atoms with Crippen molar-refractivity contribution in [3.05, 3.63) is 370 Å². The van der Waals surface area contributed by atoms with Crippen LogP contribution in [0.2, 0.25) is 0 Å². The molecule has 0 radical (unpaired) electrons. The van der Waals surface area contributed by atoms with Gasteiger partial charge in [-0.2, -0.15) is 0 Å². The topological polar surface area (TPSA) is 6.48 Å². The van der Waals surface area contributed by atoms with Gasteiger partial charge in [-0.15, -0.1) is 0 Å². The van der Waals surface area contributed by atoms with E-state index in [0.717, 1.165) is 22.7 Å². The molecular weight excluding hydrogens is 1000 g/mol. The predicted octanol–water partition coefficient (Wildman–Crippen LogP) is 20.0. The standard InChI is InChI=1S/C81H50N2/c1-2-25-51(26-3-1)82-71-46-20-18-41-66(71)81(67-42-19-21-47-72(67)82)65-40-17-10-33-58(65)78-70(81)45-24-50-75(78)83(73-48-22-43-68-76(73)56-31-8-15-38-63(56)79(68)59-34-11-4-27-52(59)53-28-5-12-35-60(53)79)74-49-23-44-69-77(74)57-32-9-16-39-64(57)80(69)61-36-13-6-29-54(61)55-30-7-14-37-62(55)80/h1-50H. The summed E-state index contributed by atoms with van der Waals surface area (Å²) in [6.45, 7) is 0. The molecule has 0 fully saturated rings. The Kier molecular flexibility index (Phi) is 8.89. The molecule has 0 bridgehead atoms. The van der Waals surface area contributed by atoms with E-state index >= 15 is 0 Å². The number of rotatable bonds is 4. The van der Waals surface area contributed by atoms with E-state index in [9.17, 15) is 0 Å². The summed E-state index contributed by atoms with van der Waals surface area (Å²) in [6, 6.07) is 116. The molecule has 0 amide bonds. The molecule has 5 aliphatic carbocycles. The maximum Gasteiger partial charge on any atom is 0.0755 e. The van der Waals surface area contributed by atoms with Gasteiger partial charge in [0, 0.05) is 22.4 Å². The summed E-state index contributed by atoms with van der Waals surface area (Å²) in [6.07, 6.45) is 0. The lowest BCUT2D eigenvalue weighted by Crippen LogP contribution is -2.36. The van der Waals surface area contributed by atoms with E-state index in [2.05, 4.69) is 313 Å². The normalized spacial score (nSPS) is 15.0. The van der Waals surface area contributed by atoms with Crippen molar-refractivity contribution in [3.8, 4) is 55.6 Å².